The monoisotopic (exact) mass is 633 g/mol. The van der Waals surface area contributed by atoms with Crippen LogP contribution in [0.25, 0.3) is 6.08 Å². The molecule has 45 heavy (non-hydrogen) atoms. The fourth-order valence-electron chi connectivity index (χ4n) is 5.71. The third-order valence-corrected chi connectivity index (χ3v) is 8.46. The Balaban J connectivity index is 1.44. The molecular formula is C33H31AlF3N3O5. The van der Waals surface area contributed by atoms with E-state index in [1.54, 1.807) is 12.2 Å². The van der Waals surface area contributed by atoms with E-state index in [9.17, 15) is 32.3 Å². The second-order valence-electron chi connectivity index (χ2n) is 11.0. The number of hydrogen-bond donors (Lipinski definition) is 1. The number of likely N-dealkylation sites (tertiary alicyclic amines) is 1. The highest BCUT2D eigenvalue weighted by Crippen LogP contribution is 2.39. The number of halogens is 3. The SMILES string of the molecule is O=[C]([AlH2])CC[C@@H](C(=O)NCc1cccc(C(F)(F)F)c1)N1C(=O)[C@@H](N2C(=O)OC[C@@H]2c2ccccc2)[C@H]1/C=C/c1ccccc1. The van der Waals surface area contributed by atoms with Gasteiger partial charge in [-0.25, -0.2) is 4.79 Å². The van der Waals surface area contributed by atoms with Crippen LogP contribution in [0.2, 0.25) is 0 Å². The maximum atomic E-state index is 14.0. The standard InChI is InChI=1S/C33H29F3N3O5.Al.2H/c34-33(35,36)25-14-7-11-23(19-25)20-37-30(41)27(15-8-18-40)38-26(17-16-22-9-3-1-4-10-22)29(31(38)42)39-28(21-44-32(39)43)24-12-5-2-6-13-24;;;/h1-7,9-14,16-17,19,26-29H,8,15,20-21H2,(H,37,41);;;/b17-16+;;;/t26-,27+,28-,29+;;;/m1.../s1. The molecule has 0 saturated carbocycles. The van der Waals surface area contributed by atoms with Gasteiger partial charge in [-0.3, -0.25) is 14.5 Å². The third kappa shape index (κ3) is 7.30. The number of ether oxygens (including phenoxy) is 1. The van der Waals surface area contributed by atoms with Crippen LogP contribution in [0.3, 0.4) is 0 Å². The number of carbonyl (C=O) groups is 4. The molecule has 2 aliphatic rings. The van der Waals surface area contributed by atoms with Crippen LogP contribution in [0.5, 0.6) is 0 Å². The molecule has 3 aromatic rings. The zero-order valence-electron chi connectivity index (χ0n) is 24.4. The molecule has 4 atom stereocenters. The fraction of sp³-hybridized carbons (Fsp3) is 0.273. The van der Waals surface area contributed by atoms with E-state index in [0.717, 1.165) is 23.3 Å². The Morgan fingerprint density at radius 2 is 1.69 bits per heavy atom. The van der Waals surface area contributed by atoms with E-state index in [1.165, 1.54) is 21.9 Å². The van der Waals surface area contributed by atoms with Crippen LogP contribution in [-0.2, 0) is 31.8 Å². The Hall–Kier alpha value is -4.40. The number of β-lactam (4-membered cyclic amide) rings is 1. The lowest BCUT2D eigenvalue weighted by atomic mass is 9.87. The summed E-state index contributed by atoms with van der Waals surface area (Å²) in [5, 5.41) is 2.66. The number of carbonyl (C=O) groups excluding carboxylic acids is 4. The van der Waals surface area contributed by atoms with Gasteiger partial charge >= 0.3 is 28.6 Å². The Bertz CT molecular complexity index is 1590. The second kappa shape index (κ2) is 13.7. The molecule has 0 aliphatic carbocycles. The number of cyclic esters (lactones) is 1. The van der Waals surface area contributed by atoms with Crippen LogP contribution in [0.1, 0.15) is 41.1 Å². The first-order valence-corrected chi connectivity index (χ1v) is 15.5. The summed E-state index contributed by atoms with van der Waals surface area (Å²) in [6, 6.07) is 19.7. The van der Waals surface area contributed by atoms with E-state index in [2.05, 4.69) is 5.32 Å². The van der Waals surface area contributed by atoms with E-state index in [1.807, 2.05) is 60.7 Å². The number of hydrogen-bond acceptors (Lipinski definition) is 5. The van der Waals surface area contributed by atoms with Gasteiger partial charge in [0.2, 0.25) is 11.8 Å². The summed E-state index contributed by atoms with van der Waals surface area (Å²) in [5.74, 6) is -1.10. The average Bonchev–Trinajstić information content (AvgIpc) is 3.40. The molecule has 0 spiro atoms. The lowest BCUT2D eigenvalue weighted by Crippen LogP contribution is -2.74. The van der Waals surface area contributed by atoms with Crippen molar-refractivity contribution in [2.24, 2.45) is 0 Å². The van der Waals surface area contributed by atoms with Crippen molar-refractivity contribution in [2.45, 2.75) is 49.7 Å². The van der Waals surface area contributed by atoms with Crippen molar-refractivity contribution < 1.29 is 37.1 Å². The topological polar surface area (TPSA) is 96.0 Å². The van der Waals surface area contributed by atoms with Crippen molar-refractivity contribution in [1.29, 1.82) is 0 Å². The number of alkyl halides is 3. The largest absolute Gasteiger partial charge is 0.447 e. The molecule has 3 aromatic carbocycles. The zero-order chi connectivity index (χ0) is 32.1. The van der Waals surface area contributed by atoms with Gasteiger partial charge in [-0.1, -0.05) is 84.9 Å². The summed E-state index contributed by atoms with van der Waals surface area (Å²) < 4.78 is 45.0. The highest BCUT2D eigenvalue weighted by Gasteiger charge is 2.57. The summed E-state index contributed by atoms with van der Waals surface area (Å²) in [5.41, 5.74) is 1.01. The van der Waals surface area contributed by atoms with Gasteiger partial charge in [-0.05, 0) is 41.7 Å². The van der Waals surface area contributed by atoms with Gasteiger partial charge in [0.15, 0.2) is 0 Å². The molecule has 232 valence electrons. The Morgan fingerprint density at radius 3 is 2.36 bits per heavy atom. The highest BCUT2D eigenvalue weighted by molar-refractivity contribution is 6.57. The smallest absolute Gasteiger partial charge is 0.416 e. The number of amides is 3. The van der Waals surface area contributed by atoms with Crippen LogP contribution < -0.4 is 5.32 Å². The quantitative estimate of drug-likeness (QED) is 0.253. The Morgan fingerprint density at radius 1 is 1.00 bits per heavy atom. The van der Waals surface area contributed by atoms with E-state index >= 15 is 0 Å². The Labute approximate surface area is 266 Å². The molecular weight excluding hydrogens is 602 g/mol. The molecule has 0 aromatic heterocycles. The van der Waals surface area contributed by atoms with E-state index < -0.39 is 53.8 Å². The lowest BCUT2D eigenvalue weighted by Gasteiger charge is -2.52. The van der Waals surface area contributed by atoms with Crippen molar-refractivity contribution in [1.82, 2.24) is 15.1 Å². The van der Waals surface area contributed by atoms with Crippen LogP contribution in [0.4, 0.5) is 18.0 Å². The number of nitrogens with zero attached hydrogens (tertiary/aromatic N) is 2. The van der Waals surface area contributed by atoms with Crippen LogP contribution in [-0.4, -0.2) is 73.4 Å². The molecule has 8 nitrogen and oxygen atoms in total. The van der Waals surface area contributed by atoms with E-state index in [4.69, 9.17) is 4.74 Å². The summed E-state index contributed by atoms with van der Waals surface area (Å²) >= 11 is 0.254. The minimum Gasteiger partial charge on any atom is -0.447 e. The van der Waals surface area contributed by atoms with Gasteiger partial charge < -0.3 is 19.7 Å². The highest BCUT2D eigenvalue weighted by atomic mass is 27.0. The Kier molecular flexibility index (Phi) is 9.75. The third-order valence-electron chi connectivity index (χ3n) is 7.96. The van der Waals surface area contributed by atoms with Crippen LogP contribution in [0.15, 0.2) is 91.0 Å². The molecule has 2 fully saturated rings. The van der Waals surface area contributed by atoms with Crippen molar-refractivity contribution in [2.75, 3.05) is 6.61 Å². The molecule has 0 bridgehead atoms. The average molecular weight is 634 g/mol. The minimum atomic E-state index is -4.54. The molecule has 0 unspecified atom stereocenters. The first-order valence-electron chi connectivity index (χ1n) is 14.5. The maximum Gasteiger partial charge on any atom is 0.416 e. The van der Waals surface area contributed by atoms with E-state index in [0.29, 0.717) is 0 Å². The number of benzene rings is 3. The molecule has 5 rings (SSSR count). The predicted molar refractivity (Wildman–Crippen MR) is 162 cm³/mol. The number of rotatable bonds is 11. The summed E-state index contributed by atoms with van der Waals surface area (Å²) in [7, 11) is 0. The molecule has 1 N–H and O–H groups in total. The van der Waals surface area contributed by atoms with Crippen molar-refractivity contribution in [3.8, 4) is 0 Å². The van der Waals surface area contributed by atoms with E-state index in [-0.39, 0.29) is 52.5 Å². The zero-order valence-corrected chi connectivity index (χ0v) is 26.4. The minimum absolute atomic E-state index is 0.0253. The first-order chi connectivity index (χ1) is 21.5. The molecule has 2 aliphatic heterocycles. The fourth-order valence-corrected chi connectivity index (χ4v) is 5.99. The molecule has 2 saturated heterocycles. The summed E-state index contributed by atoms with van der Waals surface area (Å²) in [6.07, 6.45) is -1.57. The number of nitrogens with one attached hydrogen (secondary N) is 1. The molecule has 0 radical (unpaired) electrons. The molecule has 3 amide bonds. The second-order valence-corrected chi connectivity index (χ2v) is 12.1. The van der Waals surface area contributed by atoms with Gasteiger partial charge in [-0.2, -0.15) is 13.2 Å². The lowest BCUT2D eigenvalue weighted by molar-refractivity contribution is -0.163. The summed E-state index contributed by atoms with van der Waals surface area (Å²) in [4.78, 5) is 55.5. The van der Waals surface area contributed by atoms with Crippen molar-refractivity contribution in [3.05, 3.63) is 113 Å². The van der Waals surface area contributed by atoms with Gasteiger partial charge in [0.05, 0.1) is 17.6 Å². The first kappa shape index (κ1) is 32.0. The van der Waals surface area contributed by atoms with Crippen LogP contribution >= 0.6 is 0 Å². The van der Waals surface area contributed by atoms with Gasteiger partial charge in [0.1, 0.15) is 18.7 Å². The molecule has 12 heteroatoms. The van der Waals surface area contributed by atoms with Crippen molar-refractivity contribution >= 4 is 44.9 Å². The maximum absolute atomic E-state index is 14.0. The van der Waals surface area contributed by atoms with Gasteiger partial charge in [0, 0.05) is 11.2 Å². The predicted octanol–water partition coefficient (Wildman–Crippen LogP) is 4.12. The van der Waals surface area contributed by atoms with Crippen LogP contribution in [0, 0.1) is 0 Å². The van der Waals surface area contributed by atoms with Gasteiger partial charge in [-0.15, -0.1) is 0 Å². The van der Waals surface area contributed by atoms with Gasteiger partial charge in [0.25, 0.3) is 0 Å². The van der Waals surface area contributed by atoms with Crippen molar-refractivity contribution in [3.63, 3.8) is 0 Å². The summed E-state index contributed by atoms with van der Waals surface area (Å²) in [6.45, 7) is -0.157. The molecule has 2 heterocycles. The normalized spacial score (nSPS) is 20.6.